The minimum atomic E-state index is -0.819. The Hall–Kier alpha value is -2.20. The number of halogens is 1. The number of carbonyl (C=O) groups excluding carboxylic acids is 1. The van der Waals surface area contributed by atoms with Gasteiger partial charge >= 0.3 is 0 Å². The van der Waals surface area contributed by atoms with Gasteiger partial charge in [0.25, 0.3) is 17.3 Å². The summed E-state index contributed by atoms with van der Waals surface area (Å²) in [6.45, 7) is 8.10. The van der Waals surface area contributed by atoms with Crippen molar-refractivity contribution < 1.29 is 14.3 Å². The number of thioether (sulfide) groups is 1. The lowest BCUT2D eigenvalue weighted by molar-refractivity contribution is -0.127. The van der Waals surface area contributed by atoms with Crippen LogP contribution in [0.4, 0.5) is 0 Å². The van der Waals surface area contributed by atoms with Crippen LogP contribution in [-0.4, -0.2) is 72.0 Å². The number of H-pyrrole nitrogens is 1. The molecule has 2 N–H and O–H groups in total. The Morgan fingerprint density at radius 3 is 2.49 bits per heavy atom. The molecule has 1 atom stereocenters. The molecule has 0 bridgehead atoms. The molecule has 1 unspecified atom stereocenters. The second-order valence-electron chi connectivity index (χ2n) is 11.5. The molecule has 3 aliphatic rings. The zero-order valence-corrected chi connectivity index (χ0v) is 25.2. The highest BCUT2D eigenvalue weighted by molar-refractivity contribution is 7.98. The van der Waals surface area contributed by atoms with Crippen LogP contribution in [0.3, 0.4) is 0 Å². The number of fused-ring (bicyclic) bond motifs is 1. The fourth-order valence-corrected chi connectivity index (χ4v) is 7.07. The van der Waals surface area contributed by atoms with Crippen molar-refractivity contribution in [2.45, 2.75) is 75.8 Å². The number of amides is 1. The van der Waals surface area contributed by atoms with Gasteiger partial charge in [0.1, 0.15) is 0 Å². The highest BCUT2D eigenvalue weighted by Crippen LogP contribution is 2.52. The van der Waals surface area contributed by atoms with Gasteiger partial charge in [0.05, 0.1) is 5.02 Å². The summed E-state index contributed by atoms with van der Waals surface area (Å²) < 4.78 is 12.9. The third kappa shape index (κ3) is 5.43. The molecule has 1 saturated heterocycles. The van der Waals surface area contributed by atoms with E-state index >= 15 is 0 Å². The number of likely N-dealkylation sites (tertiary alicyclic amines) is 1. The number of aryl methyl sites for hydroxylation is 1. The molecule has 2 fully saturated rings. The molecule has 5 rings (SSSR count). The lowest BCUT2D eigenvalue weighted by atomic mass is 9.80. The molecule has 8 nitrogen and oxygen atoms in total. The van der Waals surface area contributed by atoms with Crippen molar-refractivity contribution in [1.29, 1.82) is 0 Å². The van der Waals surface area contributed by atoms with Crippen LogP contribution >= 0.6 is 23.4 Å². The second kappa shape index (κ2) is 11.0. The summed E-state index contributed by atoms with van der Waals surface area (Å²) in [5, 5.41) is 3.25. The third-order valence-corrected chi connectivity index (χ3v) is 9.83. The number of ether oxygens (including phenoxy) is 2. The zero-order valence-electron chi connectivity index (χ0n) is 23.7. The molecule has 0 spiro atoms. The van der Waals surface area contributed by atoms with Crippen molar-refractivity contribution in [2.75, 3.05) is 33.4 Å². The Labute approximate surface area is 239 Å². The van der Waals surface area contributed by atoms with E-state index in [-0.39, 0.29) is 23.9 Å². The highest BCUT2D eigenvalue weighted by atomic mass is 35.5. The topological polar surface area (TPSA) is 86.9 Å². The first kappa shape index (κ1) is 28.3. The van der Waals surface area contributed by atoms with Crippen molar-refractivity contribution >= 4 is 29.3 Å². The number of benzene rings is 1. The standard InChI is InChI=1S/C29H39ClN4O4S/c1-16-11-24(39-6)22(28(36)32-16)13-31-27(35)21-12-23(30)26-25(17(21)2)37-29(3,38-26)18-7-9-19(10-8-18)34-14-20(15-34)33(4)5/h11-12,18-20H,7-10,13-15H2,1-6H3,(H,31,35)(H,32,36)/t18-,19-,29?. The van der Waals surface area contributed by atoms with Gasteiger partial charge in [0.2, 0.25) is 0 Å². The molecule has 1 saturated carbocycles. The van der Waals surface area contributed by atoms with Gasteiger partial charge < -0.3 is 24.7 Å². The number of rotatable bonds is 7. The Morgan fingerprint density at radius 1 is 1.18 bits per heavy atom. The van der Waals surface area contributed by atoms with E-state index in [4.69, 9.17) is 21.1 Å². The van der Waals surface area contributed by atoms with E-state index < -0.39 is 5.79 Å². The smallest absolute Gasteiger partial charge is 0.254 e. The van der Waals surface area contributed by atoms with Crippen molar-refractivity contribution in [1.82, 2.24) is 20.1 Å². The maximum absolute atomic E-state index is 13.2. The van der Waals surface area contributed by atoms with Gasteiger partial charge in [-0.3, -0.25) is 14.5 Å². The van der Waals surface area contributed by atoms with Crippen LogP contribution in [0.15, 0.2) is 21.8 Å². The number of pyridine rings is 1. The summed E-state index contributed by atoms with van der Waals surface area (Å²) in [7, 11) is 4.31. The van der Waals surface area contributed by atoms with Crippen LogP contribution in [-0.2, 0) is 6.54 Å². The van der Waals surface area contributed by atoms with Crippen LogP contribution in [0.1, 0.15) is 59.8 Å². The molecular formula is C29H39ClN4O4S. The van der Waals surface area contributed by atoms with Crippen LogP contribution in [0, 0.1) is 19.8 Å². The lowest BCUT2D eigenvalue weighted by Crippen LogP contribution is -2.61. The predicted octanol–water partition coefficient (Wildman–Crippen LogP) is 4.59. The Morgan fingerprint density at radius 2 is 1.85 bits per heavy atom. The minimum Gasteiger partial charge on any atom is -0.448 e. The van der Waals surface area contributed by atoms with E-state index in [0.717, 1.165) is 49.4 Å². The number of nitrogens with one attached hydrogen (secondary N) is 2. The van der Waals surface area contributed by atoms with Gasteiger partial charge in [-0.2, -0.15) is 0 Å². The van der Waals surface area contributed by atoms with Gasteiger partial charge in [0.15, 0.2) is 11.5 Å². The number of carbonyl (C=O) groups is 1. The van der Waals surface area contributed by atoms with E-state index in [0.29, 0.717) is 45.3 Å². The van der Waals surface area contributed by atoms with Gasteiger partial charge in [0, 0.05) is 71.8 Å². The first-order valence-electron chi connectivity index (χ1n) is 13.7. The van der Waals surface area contributed by atoms with Gasteiger partial charge in [-0.15, -0.1) is 11.8 Å². The number of aromatic amines is 1. The number of likely N-dealkylation sites (N-methyl/N-ethyl adjacent to an activating group) is 1. The zero-order chi connectivity index (χ0) is 28.1. The molecule has 10 heteroatoms. The Balaban J connectivity index is 1.26. The second-order valence-corrected chi connectivity index (χ2v) is 12.8. The molecule has 2 aliphatic heterocycles. The average Bonchev–Trinajstić information content (AvgIpc) is 3.24. The molecule has 0 radical (unpaired) electrons. The maximum atomic E-state index is 13.2. The van der Waals surface area contributed by atoms with Gasteiger partial charge in [-0.25, -0.2) is 0 Å². The van der Waals surface area contributed by atoms with Crippen molar-refractivity contribution in [3.05, 3.63) is 49.9 Å². The highest BCUT2D eigenvalue weighted by Gasteiger charge is 2.48. The molecule has 3 heterocycles. The number of hydrogen-bond acceptors (Lipinski definition) is 7. The van der Waals surface area contributed by atoms with Gasteiger partial charge in [-0.05, 0) is 72.0 Å². The summed E-state index contributed by atoms with van der Waals surface area (Å²) in [4.78, 5) is 34.3. The van der Waals surface area contributed by atoms with Crippen molar-refractivity contribution in [2.24, 2.45) is 5.92 Å². The summed E-state index contributed by atoms with van der Waals surface area (Å²) in [6, 6.07) is 4.83. The van der Waals surface area contributed by atoms with E-state index in [1.54, 1.807) is 6.07 Å². The average molecular weight is 575 g/mol. The number of aromatic nitrogens is 1. The summed E-state index contributed by atoms with van der Waals surface area (Å²) in [5.74, 6) is 0.143. The Kier molecular flexibility index (Phi) is 7.99. The fourth-order valence-electron chi connectivity index (χ4n) is 6.13. The van der Waals surface area contributed by atoms with E-state index in [1.165, 1.54) is 11.8 Å². The third-order valence-electron chi connectivity index (χ3n) is 8.74. The first-order chi connectivity index (χ1) is 18.5. The molecule has 39 heavy (non-hydrogen) atoms. The van der Waals surface area contributed by atoms with E-state index in [1.807, 2.05) is 33.1 Å². The fraction of sp³-hybridized carbons (Fsp3) is 0.586. The van der Waals surface area contributed by atoms with E-state index in [9.17, 15) is 9.59 Å². The van der Waals surface area contributed by atoms with Crippen molar-refractivity contribution in [3.63, 3.8) is 0 Å². The summed E-state index contributed by atoms with van der Waals surface area (Å²) >= 11 is 8.12. The summed E-state index contributed by atoms with van der Waals surface area (Å²) in [5.41, 5.74) is 2.22. The molecule has 1 aromatic carbocycles. The molecule has 1 aromatic heterocycles. The normalized spacial score (nSPS) is 25.1. The molecule has 212 valence electrons. The summed E-state index contributed by atoms with van der Waals surface area (Å²) in [6.07, 6.45) is 6.20. The van der Waals surface area contributed by atoms with Crippen LogP contribution in [0.25, 0.3) is 0 Å². The first-order valence-corrected chi connectivity index (χ1v) is 15.3. The van der Waals surface area contributed by atoms with Gasteiger partial charge in [-0.1, -0.05) is 11.6 Å². The molecule has 1 amide bonds. The SMILES string of the molecule is CSc1cc(C)[nH]c(=O)c1CNC(=O)c1cc(Cl)c2c(c1C)OC(C)([C@H]1CC[C@H](N3CC(N(C)C)C3)CC1)O2. The molecule has 1 aliphatic carbocycles. The Bertz CT molecular complexity index is 1320. The molecule has 2 aromatic rings. The molecular weight excluding hydrogens is 536 g/mol. The van der Waals surface area contributed by atoms with Crippen molar-refractivity contribution in [3.8, 4) is 11.5 Å². The van der Waals surface area contributed by atoms with Crippen LogP contribution in [0.2, 0.25) is 5.02 Å². The number of nitrogens with zero attached hydrogens (tertiary/aromatic N) is 2. The maximum Gasteiger partial charge on any atom is 0.254 e. The minimum absolute atomic E-state index is 0.114. The van der Waals surface area contributed by atoms with Crippen LogP contribution in [0.5, 0.6) is 11.5 Å². The largest absolute Gasteiger partial charge is 0.448 e. The van der Waals surface area contributed by atoms with E-state index in [2.05, 4.69) is 34.2 Å². The van der Waals surface area contributed by atoms with Crippen LogP contribution < -0.4 is 20.3 Å². The quantitative estimate of drug-likeness (QED) is 0.468. The predicted molar refractivity (Wildman–Crippen MR) is 155 cm³/mol. The lowest BCUT2D eigenvalue weighted by Gasteiger charge is -2.49. The monoisotopic (exact) mass is 574 g/mol. The number of hydrogen-bond donors (Lipinski definition) is 2.